The number of carbonyl (C=O) groups is 2. The SMILES string of the molecule is CCCCOc1ccc(C(=O)Nc2ccc(C(=O)N3CCOCC3)cc2)cc1Br. The second kappa shape index (κ2) is 10.4. The molecule has 0 saturated carbocycles. The maximum atomic E-state index is 12.5. The molecule has 2 aromatic rings. The van der Waals surface area contributed by atoms with Crippen LogP contribution >= 0.6 is 15.9 Å². The minimum atomic E-state index is -0.224. The van der Waals surface area contributed by atoms with Crippen molar-refractivity contribution >= 4 is 33.4 Å². The number of anilines is 1. The molecule has 0 spiro atoms. The van der Waals surface area contributed by atoms with Gasteiger partial charge in [0.15, 0.2) is 0 Å². The van der Waals surface area contributed by atoms with Gasteiger partial charge < -0.3 is 19.7 Å². The highest BCUT2D eigenvalue weighted by atomic mass is 79.9. The number of morpholine rings is 1. The molecule has 6 nitrogen and oxygen atoms in total. The van der Waals surface area contributed by atoms with Crippen molar-refractivity contribution in [3.63, 3.8) is 0 Å². The number of ether oxygens (including phenoxy) is 2. The van der Waals surface area contributed by atoms with Crippen LogP contribution in [0.2, 0.25) is 0 Å². The third-order valence-corrected chi connectivity index (χ3v) is 5.26. The predicted molar refractivity (Wildman–Crippen MR) is 116 cm³/mol. The van der Waals surface area contributed by atoms with Crippen molar-refractivity contribution in [2.24, 2.45) is 0 Å². The number of nitrogens with one attached hydrogen (secondary N) is 1. The molecule has 0 aliphatic carbocycles. The van der Waals surface area contributed by atoms with E-state index in [4.69, 9.17) is 9.47 Å². The van der Waals surface area contributed by atoms with Crippen LogP contribution in [0.3, 0.4) is 0 Å². The van der Waals surface area contributed by atoms with Crippen LogP contribution in [0.15, 0.2) is 46.9 Å². The van der Waals surface area contributed by atoms with Crippen molar-refractivity contribution in [2.45, 2.75) is 19.8 Å². The van der Waals surface area contributed by atoms with Gasteiger partial charge in [0, 0.05) is 29.9 Å². The highest BCUT2D eigenvalue weighted by molar-refractivity contribution is 9.10. The Bertz CT molecular complexity index is 848. The van der Waals surface area contributed by atoms with E-state index in [0.29, 0.717) is 49.7 Å². The summed E-state index contributed by atoms with van der Waals surface area (Å²) in [7, 11) is 0. The van der Waals surface area contributed by atoms with Crippen LogP contribution in [0.4, 0.5) is 5.69 Å². The van der Waals surface area contributed by atoms with Crippen molar-refractivity contribution in [2.75, 3.05) is 38.2 Å². The van der Waals surface area contributed by atoms with E-state index >= 15 is 0 Å². The first-order valence-electron chi connectivity index (χ1n) is 9.79. The van der Waals surface area contributed by atoms with E-state index in [2.05, 4.69) is 28.2 Å². The van der Waals surface area contributed by atoms with Gasteiger partial charge in [-0.3, -0.25) is 9.59 Å². The van der Waals surface area contributed by atoms with Gasteiger partial charge in [-0.1, -0.05) is 13.3 Å². The largest absolute Gasteiger partial charge is 0.492 e. The number of amides is 2. The lowest BCUT2D eigenvalue weighted by molar-refractivity contribution is 0.0303. The number of unbranched alkanes of at least 4 members (excludes halogenated alkanes) is 1. The summed E-state index contributed by atoms with van der Waals surface area (Å²) in [6.07, 6.45) is 2.05. The van der Waals surface area contributed by atoms with Crippen LogP contribution in [0.5, 0.6) is 5.75 Å². The summed E-state index contributed by atoms with van der Waals surface area (Å²) in [5.74, 6) is 0.479. The quantitative estimate of drug-likeness (QED) is 0.623. The van der Waals surface area contributed by atoms with Crippen LogP contribution < -0.4 is 10.1 Å². The van der Waals surface area contributed by atoms with E-state index in [0.717, 1.165) is 23.1 Å². The maximum absolute atomic E-state index is 12.5. The molecule has 0 bridgehead atoms. The average molecular weight is 461 g/mol. The van der Waals surface area contributed by atoms with Crippen LogP contribution in [0, 0.1) is 0 Å². The molecule has 0 aromatic heterocycles. The molecule has 0 atom stereocenters. The second-order valence-corrected chi connectivity index (χ2v) is 7.64. The molecule has 29 heavy (non-hydrogen) atoms. The summed E-state index contributed by atoms with van der Waals surface area (Å²) >= 11 is 3.46. The summed E-state index contributed by atoms with van der Waals surface area (Å²) in [6.45, 7) is 5.09. The Labute approximate surface area is 179 Å². The van der Waals surface area contributed by atoms with Crippen molar-refractivity contribution in [3.05, 3.63) is 58.1 Å². The van der Waals surface area contributed by atoms with E-state index in [9.17, 15) is 9.59 Å². The van der Waals surface area contributed by atoms with Crippen LogP contribution in [0.25, 0.3) is 0 Å². The van der Waals surface area contributed by atoms with Gasteiger partial charge in [0.05, 0.1) is 24.3 Å². The molecule has 0 unspecified atom stereocenters. The number of hydrogen-bond donors (Lipinski definition) is 1. The Kier molecular flexibility index (Phi) is 7.66. The third kappa shape index (κ3) is 5.81. The number of carbonyl (C=O) groups excluding carboxylic acids is 2. The van der Waals surface area contributed by atoms with Crippen LogP contribution in [0.1, 0.15) is 40.5 Å². The van der Waals surface area contributed by atoms with E-state index < -0.39 is 0 Å². The lowest BCUT2D eigenvalue weighted by Crippen LogP contribution is -2.40. The fourth-order valence-electron chi connectivity index (χ4n) is 2.93. The van der Waals surface area contributed by atoms with Gasteiger partial charge in [-0.25, -0.2) is 0 Å². The molecular weight excluding hydrogens is 436 g/mol. The van der Waals surface area contributed by atoms with Gasteiger partial charge in [0.25, 0.3) is 11.8 Å². The standard InChI is InChI=1S/C22H25BrN2O4/c1-2-3-12-29-20-9-6-17(15-19(20)23)21(26)24-18-7-4-16(5-8-18)22(27)25-10-13-28-14-11-25/h4-9,15H,2-3,10-14H2,1H3,(H,24,26). The normalized spacial score (nSPS) is 13.8. The molecular formula is C22H25BrN2O4. The van der Waals surface area contributed by atoms with E-state index in [-0.39, 0.29) is 11.8 Å². The fourth-order valence-corrected chi connectivity index (χ4v) is 3.43. The second-order valence-electron chi connectivity index (χ2n) is 6.78. The van der Waals surface area contributed by atoms with E-state index in [1.165, 1.54) is 0 Å². The summed E-state index contributed by atoms with van der Waals surface area (Å²) in [6, 6.07) is 12.2. The van der Waals surface area contributed by atoms with Crippen molar-refractivity contribution < 1.29 is 19.1 Å². The molecule has 154 valence electrons. The highest BCUT2D eigenvalue weighted by Gasteiger charge is 2.18. The minimum absolute atomic E-state index is 0.0197. The number of halogens is 1. The lowest BCUT2D eigenvalue weighted by atomic mass is 10.1. The monoisotopic (exact) mass is 460 g/mol. The molecule has 1 fully saturated rings. The molecule has 1 aliphatic heterocycles. The van der Waals surface area contributed by atoms with Crippen molar-refractivity contribution in [1.29, 1.82) is 0 Å². The number of rotatable bonds is 7. The summed E-state index contributed by atoms with van der Waals surface area (Å²) in [5, 5.41) is 2.86. The first-order chi connectivity index (χ1) is 14.1. The third-order valence-electron chi connectivity index (χ3n) is 4.64. The molecule has 2 amide bonds. The lowest BCUT2D eigenvalue weighted by Gasteiger charge is -2.26. The Morgan fingerprint density at radius 1 is 1.10 bits per heavy atom. The van der Waals surface area contributed by atoms with Gasteiger partial charge in [-0.2, -0.15) is 0 Å². The Morgan fingerprint density at radius 2 is 1.79 bits per heavy atom. The van der Waals surface area contributed by atoms with Gasteiger partial charge in [0.1, 0.15) is 5.75 Å². The smallest absolute Gasteiger partial charge is 0.255 e. The Balaban J connectivity index is 1.60. The van der Waals surface area contributed by atoms with Gasteiger partial charge in [-0.15, -0.1) is 0 Å². The molecule has 3 rings (SSSR count). The summed E-state index contributed by atoms with van der Waals surface area (Å²) in [4.78, 5) is 26.8. The number of hydrogen-bond acceptors (Lipinski definition) is 4. The molecule has 2 aromatic carbocycles. The zero-order valence-corrected chi connectivity index (χ0v) is 18.0. The number of benzene rings is 2. The van der Waals surface area contributed by atoms with Crippen LogP contribution in [-0.4, -0.2) is 49.6 Å². The topological polar surface area (TPSA) is 67.9 Å². The average Bonchev–Trinajstić information content (AvgIpc) is 2.75. The number of nitrogens with zero attached hydrogens (tertiary/aromatic N) is 1. The van der Waals surface area contributed by atoms with Crippen molar-refractivity contribution in [1.82, 2.24) is 4.90 Å². The first-order valence-corrected chi connectivity index (χ1v) is 10.6. The Hall–Kier alpha value is -2.38. The van der Waals surface area contributed by atoms with Crippen LogP contribution in [-0.2, 0) is 4.74 Å². The molecule has 1 aliphatic rings. The van der Waals surface area contributed by atoms with Gasteiger partial charge in [0.2, 0.25) is 0 Å². The predicted octanol–water partition coefficient (Wildman–Crippen LogP) is 4.35. The molecule has 1 saturated heterocycles. The fraction of sp³-hybridized carbons (Fsp3) is 0.364. The highest BCUT2D eigenvalue weighted by Crippen LogP contribution is 2.26. The molecule has 0 radical (unpaired) electrons. The summed E-state index contributed by atoms with van der Waals surface area (Å²) in [5.41, 5.74) is 1.75. The van der Waals surface area contributed by atoms with E-state index in [1.54, 1.807) is 47.4 Å². The van der Waals surface area contributed by atoms with E-state index in [1.807, 2.05) is 0 Å². The van der Waals surface area contributed by atoms with Gasteiger partial charge in [-0.05, 0) is 64.8 Å². The maximum Gasteiger partial charge on any atom is 0.255 e. The Morgan fingerprint density at radius 3 is 2.45 bits per heavy atom. The van der Waals surface area contributed by atoms with Crippen molar-refractivity contribution in [3.8, 4) is 5.75 Å². The minimum Gasteiger partial charge on any atom is -0.492 e. The summed E-state index contributed by atoms with van der Waals surface area (Å²) < 4.78 is 11.7. The molecule has 1 heterocycles. The zero-order chi connectivity index (χ0) is 20.6. The first kappa shape index (κ1) is 21.3. The molecule has 7 heteroatoms. The zero-order valence-electron chi connectivity index (χ0n) is 16.4. The molecule has 1 N–H and O–H groups in total. The van der Waals surface area contributed by atoms with Gasteiger partial charge >= 0.3 is 0 Å².